The quantitative estimate of drug-likeness (QED) is 0.539. The van der Waals surface area contributed by atoms with E-state index in [-0.39, 0.29) is 19.2 Å². The molecule has 2 aromatic carbocycles. The summed E-state index contributed by atoms with van der Waals surface area (Å²) in [5.41, 5.74) is 5.05. The monoisotopic (exact) mass is 400 g/mol. The van der Waals surface area contributed by atoms with Crippen LogP contribution in [0.15, 0.2) is 52.3 Å². The fraction of sp³-hybridized carbons (Fsp3) is 0.118. The van der Waals surface area contributed by atoms with Gasteiger partial charge in [-0.1, -0.05) is 12.1 Å². The Morgan fingerprint density at radius 3 is 3.00 bits per heavy atom. The fourth-order valence-electron chi connectivity index (χ4n) is 2.53. The van der Waals surface area contributed by atoms with Crippen molar-refractivity contribution in [2.24, 2.45) is 5.10 Å². The minimum atomic E-state index is -0.240. The number of amides is 1. The Morgan fingerprint density at radius 1 is 1.32 bits per heavy atom. The van der Waals surface area contributed by atoms with Crippen molar-refractivity contribution >= 4 is 39.1 Å². The number of fused-ring (bicyclic) bond motifs is 2. The molecule has 1 N–H and O–H groups in total. The lowest BCUT2D eigenvalue weighted by atomic mass is 10.2. The van der Waals surface area contributed by atoms with Gasteiger partial charge in [0.15, 0.2) is 11.5 Å². The van der Waals surface area contributed by atoms with Gasteiger partial charge in [-0.15, -0.1) is 0 Å². The van der Waals surface area contributed by atoms with E-state index >= 15 is 0 Å². The predicted octanol–water partition coefficient (Wildman–Crippen LogP) is 2.68. The number of nitrogens with zero attached hydrogens (tertiary/aromatic N) is 3. The zero-order valence-corrected chi connectivity index (χ0v) is 14.6. The Kier molecular flexibility index (Phi) is 4.10. The van der Waals surface area contributed by atoms with Gasteiger partial charge in [0.05, 0.1) is 23.6 Å². The zero-order chi connectivity index (χ0) is 17.2. The molecular weight excluding hydrogens is 388 g/mol. The topological polar surface area (TPSA) is 77.7 Å². The molecule has 2 heterocycles. The highest BCUT2D eigenvalue weighted by Crippen LogP contribution is 2.36. The van der Waals surface area contributed by atoms with Crippen LogP contribution in [0.5, 0.6) is 11.5 Å². The van der Waals surface area contributed by atoms with Gasteiger partial charge >= 0.3 is 0 Å². The smallest absolute Gasteiger partial charge is 0.260 e. The molecule has 0 saturated carbocycles. The van der Waals surface area contributed by atoms with E-state index in [0.29, 0.717) is 11.5 Å². The summed E-state index contributed by atoms with van der Waals surface area (Å²) in [4.78, 5) is 16.3. The molecule has 0 fully saturated rings. The molecule has 0 unspecified atom stereocenters. The Morgan fingerprint density at radius 2 is 2.12 bits per heavy atom. The van der Waals surface area contributed by atoms with E-state index in [1.165, 1.54) is 0 Å². The van der Waals surface area contributed by atoms with Gasteiger partial charge in [-0.25, -0.2) is 10.4 Å². The molecule has 4 rings (SSSR count). The summed E-state index contributed by atoms with van der Waals surface area (Å²) in [5.74, 6) is 1.09. The first-order valence-corrected chi connectivity index (χ1v) is 8.31. The van der Waals surface area contributed by atoms with Gasteiger partial charge in [-0.3, -0.25) is 4.79 Å². The Bertz CT molecular complexity index is 983. The second-order valence-electron chi connectivity index (χ2n) is 5.38. The molecule has 1 aromatic heterocycles. The number of ether oxygens (including phenoxy) is 2. The van der Waals surface area contributed by atoms with Crippen LogP contribution in [-0.4, -0.2) is 28.5 Å². The van der Waals surface area contributed by atoms with Crippen LogP contribution in [0.1, 0.15) is 5.56 Å². The molecule has 126 valence electrons. The average Bonchev–Trinajstić information content (AvgIpc) is 3.22. The first-order chi connectivity index (χ1) is 12.2. The standard InChI is InChI=1S/C17H13BrN4O3/c18-12-6-16-15(24-10-25-16)5-11(12)7-20-21-17(23)8-22-9-19-13-3-1-2-4-14(13)22/h1-7,9H,8,10H2,(H,21,23)/b20-7-. The first kappa shape index (κ1) is 15.6. The van der Waals surface area contributed by atoms with Crippen LogP contribution in [-0.2, 0) is 11.3 Å². The number of carbonyl (C=O) groups excluding carboxylic acids is 1. The number of benzene rings is 2. The summed E-state index contributed by atoms with van der Waals surface area (Å²) < 4.78 is 13.2. The number of rotatable bonds is 4. The van der Waals surface area contributed by atoms with Crippen LogP contribution in [0.4, 0.5) is 0 Å². The molecule has 0 aliphatic carbocycles. The third-order valence-corrected chi connectivity index (χ3v) is 4.41. The van der Waals surface area contributed by atoms with Gasteiger partial charge in [0, 0.05) is 10.0 Å². The SMILES string of the molecule is O=C(Cn1cnc2ccccc21)N/N=C\c1cc2c(cc1Br)OCO2. The van der Waals surface area contributed by atoms with Gasteiger partial charge in [0.2, 0.25) is 6.79 Å². The number of halogens is 1. The van der Waals surface area contributed by atoms with E-state index in [4.69, 9.17) is 9.47 Å². The van der Waals surface area contributed by atoms with Crippen molar-refractivity contribution in [3.05, 3.63) is 52.8 Å². The molecular formula is C17H13BrN4O3. The molecule has 1 aliphatic heterocycles. The fourth-order valence-corrected chi connectivity index (χ4v) is 2.96. The maximum Gasteiger partial charge on any atom is 0.260 e. The third-order valence-electron chi connectivity index (χ3n) is 3.73. The second kappa shape index (κ2) is 6.56. The minimum Gasteiger partial charge on any atom is -0.454 e. The molecule has 0 bridgehead atoms. The number of hydrazone groups is 1. The van der Waals surface area contributed by atoms with Crippen LogP contribution in [0.3, 0.4) is 0 Å². The van der Waals surface area contributed by atoms with E-state index in [2.05, 4.69) is 31.4 Å². The lowest BCUT2D eigenvalue weighted by molar-refractivity contribution is -0.121. The molecule has 1 amide bonds. The van der Waals surface area contributed by atoms with Crippen molar-refractivity contribution in [1.82, 2.24) is 15.0 Å². The van der Waals surface area contributed by atoms with Gasteiger partial charge in [0.25, 0.3) is 5.91 Å². The highest BCUT2D eigenvalue weighted by atomic mass is 79.9. The van der Waals surface area contributed by atoms with E-state index in [1.807, 2.05) is 30.3 Å². The number of para-hydroxylation sites is 2. The summed E-state index contributed by atoms with van der Waals surface area (Å²) in [6, 6.07) is 11.2. The summed E-state index contributed by atoms with van der Waals surface area (Å²) >= 11 is 3.44. The van der Waals surface area contributed by atoms with Crippen LogP contribution >= 0.6 is 15.9 Å². The largest absolute Gasteiger partial charge is 0.454 e. The van der Waals surface area contributed by atoms with Crippen LogP contribution in [0.25, 0.3) is 11.0 Å². The van der Waals surface area contributed by atoms with Crippen molar-refractivity contribution in [2.75, 3.05) is 6.79 Å². The zero-order valence-electron chi connectivity index (χ0n) is 13.0. The van der Waals surface area contributed by atoms with Crippen molar-refractivity contribution in [3.63, 3.8) is 0 Å². The summed E-state index contributed by atoms with van der Waals surface area (Å²) in [5, 5.41) is 4.00. The second-order valence-corrected chi connectivity index (χ2v) is 6.24. The summed E-state index contributed by atoms with van der Waals surface area (Å²) in [6.45, 7) is 0.345. The molecule has 7 nitrogen and oxygen atoms in total. The molecule has 1 aliphatic rings. The molecule has 25 heavy (non-hydrogen) atoms. The van der Waals surface area contributed by atoms with E-state index in [1.54, 1.807) is 23.2 Å². The number of imidazole rings is 1. The van der Waals surface area contributed by atoms with Crippen molar-refractivity contribution in [3.8, 4) is 11.5 Å². The molecule has 3 aromatic rings. The number of aromatic nitrogens is 2. The van der Waals surface area contributed by atoms with Gasteiger partial charge in [0.1, 0.15) is 6.54 Å². The van der Waals surface area contributed by atoms with Crippen molar-refractivity contribution < 1.29 is 14.3 Å². The van der Waals surface area contributed by atoms with Gasteiger partial charge in [-0.2, -0.15) is 5.10 Å². The van der Waals surface area contributed by atoms with Gasteiger partial charge in [-0.05, 0) is 40.2 Å². The lowest BCUT2D eigenvalue weighted by Gasteiger charge is -2.04. The highest BCUT2D eigenvalue weighted by Gasteiger charge is 2.15. The average molecular weight is 401 g/mol. The van der Waals surface area contributed by atoms with Crippen molar-refractivity contribution in [1.29, 1.82) is 0 Å². The van der Waals surface area contributed by atoms with Crippen LogP contribution in [0.2, 0.25) is 0 Å². The molecule has 0 radical (unpaired) electrons. The Balaban J connectivity index is 1.43. The normalized spacial score (nSPS) is 12.8. The highest BCUT2D eigenvalue weighted by molar-refractivity contribution is 9.10. The Hall–Kier alpha value is -2.87. The minimum absolute atomic E-state index is 0.139. The van der Waals surface area contributed by atoms with E-state index < -0.39 is 0 Å². The molecule has 8 heteroatoms. The number of nitrogens with one attached hydrogen (secondary N) is 1. The number of carbonyl (C=O) groups is 1. The number of hydrogen-bond donors (Lipinski definition) is 1. The molecule has 0 spiro atoms. The maximum atomic E-state index is 12.1. The van der Waals surface area contributed by atoms with Crippen LogP contribution < -0.4 is 14.9 Å². The van der Waals surface area contributed by atoms with Gasteiger partial charge < -0.3 is 14.0 Å². The van der Waals surface area contributed by atoms with E-state index in [0.717, 1.165) is 21.1 Å². The van der Waals surface area contributed by atoms with Crippen molar-refractivity contribution in [2.45, 2.75) is 6.54 Å². The molecule has 0 saturated heterocycles. The lowest BCUT2D eigenvalue weighted by Crippen LogP contribution is -2.22. The number of hydrogen-bond acceptors (Lipinski definition) is 5. The van der Waals surface area contributed by atoms with E-state index in [9.17, 15) is 4.79 Å². The first-order valence-electron chi connectivity index (χ1n) is 7.51. The van der Waals surface area contributed by atoms with Crippen LogP contribution in [0, 0.1) is 0 Å². The maximum absolute atomic E-state index is 12.1. The Labute approximate surface area is 151 Å². The summed E-state index contributed by atoms with van der Waals surface area (Å²) in [6.07, 6.45) is 3.19. The third kappa shape index (κ3) is 3.20. The summed E-state index contributed by atoms with van der Waals surface area (Å²) in [7, 11) is 0. The molecule has 0 atom stereocenters. The predicted molar refractivity (Wildman–Crippen MR) is 95.7 cm³/mol.